The third kappa shape index (κ3) is 3.67. The Labute approximate surface area is 145 Å². The topological polar surface area (TPSA) is 64.0 Å². The first-order valence-corrected chi connectivity index (χ1v) is 9.82. The normalized spacial score (nSPS) is 16.5. The first-order chi connectivity index (χ1) is 10.8. The van der Waals surface area contributed by atoms with E-state index in [9.17, 15) is 8.42 Å². The van der Waals surface area contributed by atoms with Crippen molar-refractivity contribution in [3.05, 3.63) is 46.1 Å². The molecule has 1 aromatic heterocycles. The van der Waals surface area contributed by atoms with E-state index in [4.69, 9.17) is 0 Å². The summed E-state index contributed by atoms with van der Waals surface area (Å²) in [7, 11) is -1.88. The van der Waals surface area contributed by atoms with Gasteiger partial charge in [0.2, 0.25) is 0 Å². The summed E-state index contributed by atoms with van der Waals surface area (Å²) in [4.78, 5) is 0. The zero-order chi connectivity index (χ0) is 16.7. The van der Waals surface area contributed by atoms with Crippen LogP contribution in [0.5, 0.6) is 0 Å². The van der Waals surface area contributed by atoms with Crippen LogP contribution in [-0.2, 0) is 23.5 Å². The molecule has 0 amide bonds. The molecule has 1 aliphatic rings. The third-order valence-corrected chi connectivity index (χ3v) is 6.55. The lowest BCUT2D eigenvalue weighted by atomic mass is 9.97. The molecule has 0 aliphatic heterocycles. The lowest BCUT2D eigenvalue weighted by molar-refractivity contribution is 0.484. The number of nitrogens with zero attached hydrogens (tertiary/aromatic N) is 2. The molecular weight excluding hydrogens is 378 g/mol. The van der Waals surface area contributed by atoms with Crippen molar-refractivity contribution in [3.63, 3.8) is 0 Å². The highest BCUT2D eigenvalue weighted by molar-refractivity contribution is 9.10. The molecule has 1 aliphatic carbocycles. The van der Waals surface area contributed by atoms with Crippen LogP contribution < -0.4 is 4.72 Å². The molecule has 1 aromatic carbocycles. The molecule has 0 radical (unpaired) electrons. The summed E-state index contributed by atoms with van der Waals surface area (Å²) >= 11 is 3.43. The number of rotatable bonds is 6. The Morgan fingerprint density at radius 3 is 2.48 bits per heavy atom. The highest BCUT2D eigenvalue weighted by Gasteiger charge is 2.43. The second-order valence-electron chi connectivity index (χ2n) is 6.38. The number of hydrogen-bond acceptors (Lipinski definition) is 3. The number of hydrogen-bond donors (Lipinski definition) is 1. The van der Waals surface area contributed by atoms with Crippen LogP contribution in [0.1, 0.15) is 24.0 Å². The number of nitrogens with one attached hydrogen (secondary N) is 1. The van der Waals surface area contributed by atoms with Gasteiger partial charge in [-0.25, -0.2) is 13.1 Å². The van der Waals surface area contributed by atoms with E-state index in [1.54, 1.807) is 20.2 Å². The van der Waals surface area contributed by atoms with Crippen molar-refractivity contribution in [3.8, 4) is 0 Å². The summed E-state index contributed by atoms with van der Waals surface area (Å²) < 4.78 is 30.3. The SMILES string of the molecule is Cc1cnn(C)c1S(=O)(=O)NCC1(Cc2ccc(Br)cc2)CC1. The zero-order valence-electron chi connectivity index (χ0n) is 13.2. The molecule has 0 atom stereocenters. The summed E-state index contributed by atoms with van der Waals surface area (Å²) in [6.07, 6.45) is 4.57. The fourth-order valence-electron chi connectivity index (χ4n) is 2.87. The largest absolute Gasteiger partial charge is 0.257 e. The summed E-state index contributed by atoms with van der Waals surface area (Å²) in [6.45, 7) is 2.23. The molecule has 0 bridgehead atoms. The second kappa shape index (κ2) is 6.03. The van der Waals surface area contributed by atoms with Crippen molar-refractivity contribution in [2.24, 2.45) is 12.5 Å². The van der Waals surface area contributed by atoms with Gasteiger partial charge in [-0.05, 0) is 49.3 Å². The molecule has 7 heteroatoms. The van der Waals surface area contributed by atoms with Gasteiger partial charge in [-0.1, -0.05) is 28.1 Å². The van der Waals surface area contributed by atoms with Crippen LogP contribution in [0.4, 0.5) is 0 Å². The molecule has 1 saturated carbocycles. The number of sulfonamides is 1. The van der Waals surface area contributed by atoms with Crippen molar-refractivity contribution in [2.75, 3.05) is 6.54 Å². The second-order valence-corrected chi connectivity index (χ2v) is 8.98. The van der Waals surface area contributed by atoms with Crippen LogP contribution in [-0.4, -0.2) is 24.7 Å². The van der Waals surface area contributed by atoms with Crippen LogP contribution in [0, 0.1) is 12.3 Å². The van der Waals surface area contributed by atoms with Gasteiger partial charge in [-0.3, -0.25) is 4.68 Å². The highest BCUT2D eigenvalue weighted by Crippen LogP contribution is 2.48. The Balaban J connectivity index is 1.69. The molecule has 1 heterocycles. The molecule has 23 heavy (non-hydrogen) atoms. The molecule has 0 unspecified atom stereocenters. The van der Waals surface area contributed by atoms with Crippen LogP contribution >= 0.6 is 15.9 Å². The van der Waals surface area contributed by atoms with Gasteiger partial charge in [0.1, 0.15) is 0 Å². The van der Waals surface area contributed by atoms with Gasteiger partial charge < -0.3 is 0 Å². The van der Waals surface area contributed by atoms with Crippen molar-refractivity contribution < 1.29 is 8.42 Å². The van der Waals surface area contributed by atoms with Crippen LogP contribution in [0.25, 0.3) is 0 Å². The predicted octanol–water partition coefficient (Wildman–Crippen LogP) is 2.79. The van der Waals surface area contributed by atoms with Crippen molar-refractivity contribution >= 4 is 26.0 Å². The van der Waals surface area contributed by atoms with E-state index in [-0.39, 0.29) is 10.4 Å². The van der Waals surface area contributed by atoms with Crippen molar-refractivity contribution in [1.82, 2.24) is 14.5 Å². The van der Waals surface area contributed by atoms with E-state index in [1.807, 2.05) is 12.1 Å². The minimum absolute atomic E-state index is 0.0490. The molecule has 0 saturated heterocycles. The lowest BCUT2D eigenvalue weighted by Gasteiger charge is -2.17. The van der Waals surface area contributed by atoms with Gasteiger partial charge in [-0.15, -0.1) is 0 Å². The van der Waals surface area contributed by atoms with Gasteiger partial charge in [0.15, 0.2) is 5.03 Å². The smallest absolute Gasteiger partial charge is 0.256 e. The molecule has 2 aromatic rings. The van der Waals surface area contributed by atoms with Crippen LogP contribution in [0.15, 0.2) is 40.0 Å². The Kier molecular flexibility index (Phi) is 4.37. The summed E-state index contributed by atoms with van der Waals surface area (Å²) in [5, 5.41) is 4.26. The first-order valence-electron chi connectivity index (χ1n) is 7.54. The average Bonchev–Trinajstić information content (AvgIpc) is 3.17. The van der Waals surface area contributed by atoms with Gasteiger partial charge in [0.25, 0.3) is 10.0 Å². The first kappa shape index (κ1) is 16.7. The standard InChI is InChI=1S/C16H20BrN3O2S/c1-12-10-18-20(2)15(12)23(21,22)19-11-16(7-8-16)9-13-3-5-14(17)6-4-13/h3-6,10,19H,7-9,11H2,1-2H3. The fourth-order valence-corrected chi connectivity index (χ4v) is 4.64. The van der Waals surface area contributed by atoms with E-state index in [0.717, 1.165) is 23.7 Å². The monoisotopic (exact) mass is 397 g/mol. The van der Waals surface area contributed by atoms with Gasteiger partial charge in [-0.2, -0.15) is 5.10 Å². The quantitative estimate of drug-likeness (QED) is 0.814. The van der Waals surface area contributed by atoms with Gasteiger partial charge in [0.05, 0.1) is 6.20 Å². The molecule has 3 rings (SSSR count). The number of halogens is 1. The van der Waals surface area contributed by atoms with E-state index in [2.05, 4.69) is 37.9 Å². The molecule has 1 N–H and O–H groups in total. The van der Waals surface area contributed by atoms with E-state index >= 15 is 0 Å². The Hall–Kier alpha value is -1.18. The number of benzene rings is 1. The van der Waals surface area contributed by atoms with E-state index in [0.29, 0.717) is 12.1 Å². The summed E-state index contributed by atoms with van der Waals surface area (Å²) in [5.41, 5.74) is 1.95. The van der Waals surface area contributed by atoms with Gasteiger partial charge >= 0.3 is 0 Å². The fraction of sp³-hybridized carbons (Fsp3) is 0.438. The van der Waals surface area contributed by atoms with E-state index in [1.165, 1.54) is 10.2 Å². The number of aromatic nitrogens is 2. The van der Waals surface area contributed by atoms with E-state index < -0.39 is 10.0 Å². The summed E-state index contributed by atoms with van der Waals surface area (Å²) in [5.74, 6) is 0. The molecular formula is C16H20BrN3O2S. The van der Waals surface area contributed by atoms with Crippen LogP contribution in [0.3, 0.4) is 0 Å². The maximum atomic E-state index is 12.5. The zero-order valence-corrected chi connectivity index (χ0v) is 15.6. The van der Waals surface area contributed by atoms with Crippen molar-refractivity contribution in [1.29, 1.82) is 0 Å². The lowest BCUT2D eigenvalue weighted by Crippen LogP contribution is -2.32. The minimum Gasteiger partial charge on any atom is -0.256 e. The Bertz CT molecular complexity index is 789. The van der Waals surface area contributed by atoms with Crippen molar-refractivity contribution in [2.45, 2.75) is 31.2 Å². The number of aryl methyl sites for hydroxylation is 2. The Morgan fingerprint density at radius 1 is 1.30 bits per heavy atom. The molecule has 1 fully saturated rings. The summed E-state index contributed by atoms with van der Waals surface area (Å²) in [6, 6.07) is 8.22. The highest BCUT2D eigenvalue weighted by atomic mass is 79.9. The maximum absolute atomic E-state index is 12.5. The van der Waals surface area contributed by atoms with Crippen LogP contribution in [0.2, 0.25) is 0 Å². The average molecular weight is 398 g/mol. The van der Waals surface area contributed by atoms with Gasteiger partial charge in [0, 0.05) is 23.6 Å². The molecule has 5 nitrogen and oxygen atoms in total. The maximum Gasteiger partial charge on any atom is 0.257 e. The minimum atomic E-state index is -3.53. The third-order valence-electron chi connectivity index (χ3n) is 4.40. The molecule has 0 spiro atoms. The molecule has 124 valence electrons. The Morgan fingerprint density at radius 2 is 1.96 bits per heavy atom. The predicted molar refractivity (Wildman–Crippen MR) is 92.6 cm³/mol.